The van der Waals surface area contributed by atoms with Crippen LogP contribution in [0, 0.1) is 5.82 Å². The van der Waals surface area contributed by atoms with Gasteiger partial charge < -0.3 is 9.84 Å². The van der Waals surface area contributed by atoms with Gasteiger partial charge in [-0.2, -0.15) is 0 Å². The van der Waals surface area contributed by atoms with Crippen molar-refractivity contribution in [1.29, 1.82) is 0 Å². The Morgan fingerprint density at radius 1 is 1.26 bits per heavy atom. The van der Waals surface area contributed by atoms with Crippen molar-refractivity contribution in [3.05, 3.63) is 64.4 Å². The molecular weight excluding hydrogens is 267 g/mol. The lowest BCUT2D eigenvalue weighted by Gasteiger charge is -2.18. The molecule has 2 atom stereocenters. The van der Waals surface area contributed by atoms with Crippen LogP contribution in [-0.4, -0.2) is 11.7 Å². The summed E-state index contributed by atoms with van der Waals surface area (Å²) in [5.74, 6) is 0.125. The maximum atomic E-state index is 13.3. The molecule has 1 aliphatic rings. The van der Waals surface area contributed by atoms with Crippen LogP contribution in [-0.2, 0) is 0 Å². The van der Waals surface area contributed by atoms with Crippen LogP contribution in [0.4, 0.5) is 4.39 Å². The van der Waals surface area contributed by atoms with Crippen molar-refractivity contribution < 1.29 is 14.2 Å². The number of ether oxygens (including phenoxy) is 1. The van der Waals surface area contributed by atoms with Gasteiger partial charge in [-0.05, 0) is 24.3 Å². The lowest BCUT2D eigenvalue weighted by Crippen LogP contribution is -2.13. The third kappa shape index (κ3) is 2.20. The van der Waals surface area contributed by atoms with Crippen molar-refractivity contribution in [2.45, 2.75) is 12.0 Å². The number of hydrogen-bond acceptors (Lipinski definition) is 2. The van der Waals surface area contributed by atoms with Crippen molar-refractivity contribution in [2.75, 3.05) is 6.61 Å². The molecule has 19 heavy (non-hydrogen) atoms. The van der Waals surface area contributed by atoms with Gasteiger partial charge in [0.1, 0.15) is 11.6 Å². The fraction of sp³-hybridized carbons (Fsp3) is 0.200. The fourth-order valence-electron chi connectivity index (χ4n) is 2.41. The normalized spacial score (nSPS) is 18.8. The van der Waals surface area contributed by atoms with Gasteiger partial charge in [-0.15, -0.1) is 0 Å². The van der Waals surface area contributed by atoms with Crippen molar-refractivity contribution in [3.8, 4) is 5.75 Å². The molecule has 2 unspecified atom stereocenters. The molecule has 0 saturated carbocycles. The molecule has 1 N–H and O–H groups in total. The van der Waals surface area contributed by atoms with Gasteiger partial charge in [-0.1, -0.05) is 29.8 Å². The maximum absolute atomic E-state index is 13.3. The molecule has 3 rings (SSSR count). The van der Waals surface area contributed by atoms with Gasteiger partial charge in [0.15, 0.2) is 0 Å². The minimum atomic E-state index is -0.883. The first-order chi connectivity index (χ1) is 9.16. The largest absolute Gasteiger partial charge is 0.493 e. The van der Waals surface area contributed by atoms with E-state index in [9.17, 15) is 9.50 Å². The number of halogens is 2. The monoisotopic (exact) mass is 278 g/mol. The topological polar surface area (TPSA) is 29.5 Å². The number of rotatable bonds is 2. The average Bonchev–Trinajstić information content (AvgIpc) is 2.84. The van der Waals surface area contributed by atoms with Gasteiger partial charge in [-0.25, -0.2) is 4.39 Å². The predicted octanol–water partition coefficient (Wildman–Crippen LogP) is 3.69. The van der Waals surface area contributed by atoms with Crippen molar-refractivity contribution in [2.24, 2.45) is 0 Å². The molecule has 0 saturated heterocycles. The van der Waals surface area contributed by atoms with Crippen LogP contribution in [0.3, 0.4) is 0 Å². The van der Waals surface area contributed by atoms with Gasteiger partial charge in [0.25, 0.3) is 0 Å². The number of fused-ring (bicyclic) bond motifs is 1. The average molecular weight is 279 g/mol. The Morgan fingerprint density at radius 2 is 2.05 bits per heavy atom. The first-order valence-electron chi connectivity index (χ1n) is 6.01. The summed E-state index contributed by atoms with van der Waals surface area (Å²) in [4.78, 5) is 0. The number of hydrogen-bond donors (Lipinski definition) is 1. The van der Waals surface area contributed by atoms with Crippen LogP contribution in [0.1, 0.15) is 23.1 Å². The van der Waals surface area contributed by atoms with Crippen LogP contribution >= 0.6 is 11.6 Å². The summed E-state index contributed by atoms with van der Waals surface area (Å²) in [5.41, 5.74) is 1.32. The zero-order chi connectivity index (χ0) is 13.4. The fourth-order valence-corrected chi connectivity index (χ4v) is 2.64. The summed E-state index contributed by atoms with van der Waals surface area (Å²) in [6, 6.07) is 11.5. The van der Waals surface area contributed by atoms with E-state index in [1.807, 2.05) is 24.3 Å². The van der Waals surface area contributed by atoms with E-state index in [4.69, 9.17) is 16.3 Å². The predicted molar refractivity (Wildman–Crippen MR) is 71.0 cm³/mol. The molecule has 2 nitrogen and oxygen atoms in total. The van der Waals surface area contributed by atoms with Crippen LogP contribution in [0.5, 0.6) is 5.75 Å². The summed E-state index contributed by atoms with van der Waals surface area (Å²) < 4.78 is 18.8. The van der Waals surface area contributed by atoms with E-state index in [0.29, 0.717) is 17.2 Å². The molecule has 0 fully saturated rings. The minimum absolute atomic E-state index is 0.226. The molecule has 0 aromatic heterocycles. The summed E-state index contributed by atoms with van der Waals surface area (Å²) in [6.45, 7) is 0.368. The van der Waals surface area contributed by atoms with Gasteiger partial charge in [-0.3, -0.25) is 0 Å². The summed E-state index contributed by atoms with van der Waals surface area (Å²) in [5, 5.41) is 10.8. The quantitative estimate of drug-likeness (QED) is 0.908. The molecule has 0 amide bonds. The number of aliphatic hydroxyl groups is 1. The second-order valence-corrected chi connectivity index (χ2v) is 4.97. The first-order valence-corrected chi connectivity index (χ1v) is 6.39. The van der Waals surface area contributed by atoms with Crippen molar-refractivity contribution in [3.63, 3.8) is 0 Å². The molecule has 4 heteroatoms. The highest BCUT2D eigenvalue weighted by molar-refractivity contribution is 6.31. The van der Waals surface area contributed by atoms with E-state index in [1.165, 1.54) is 18.2 Å². The van der Waals surface area contributed by atoms with Gasteiger partial charge >= 0.3 is 0 Å². The van der Waals surface area contributed by atoms with Gasteiger partial charge in [0.05, 0.1) is 18.6 Å². The van der Waals surface area contributed by atoms with Crippen LogP contribution in [0.15, 0.2) is 42.5 Å². The highest BCUT2D eigenvalue weighted by Crippen LogP contribution is 2.42. The highest BCUT2D eigenvalue weighted by atomic mass is 35.5. The Labute approximate surface area is 115 Å². The summed E-state index contributed by atoms with van der Waals surface area (Å²) >= 11 is 6.03. The SMILES string of the molecule is OC(c1cc(F)ccc1Cl)C1COc2ccccc21. The van der Waals surface area contributed by atoms with E-state index >= 15 is 0 Å². The van der Waals surface area contributed by atoms with Crippen LogP contribution in [0.2, 0.25) is 5.02 Å². The molecule has 0 aliphatic carbocycles. The second-order valence-electron chi connectivity index (χ2n) is 4.57. The molecule has 1 aliphatic heterocycles. The summed E-state index contributed by atoms with van der Waals surface area (Å²) in [6.07, 6.45) is -0.883. The molecule has 0 spiro atoms. The number of aliphatic hydroxyl groups excluding tert-OH is 1. The van der Waals surface area contributed by atoms with Crippen LogP contribution < -0.4 is 4.74 Å². The van der Waals surface area contributed by atoms with E-state index in [1.54, 1.807) is 0 Å². The Balaban J connectivity index is 1.97. The third-order valence-corrected chi connectivity index (χ3v) is 3.74. The van der Waals surface area contributed by atoms with E-state index in [0.717, 1.165) is 11.3 Å². The first kappa shape index (κ1) is 12.5. The van der Waals surface area contributed by atoms with Gasteiger partial charge in [0.2, 0.25) is 0 Å². The molecule has 98 valence electrons. The summed E-state index contributed by atoms with van der Waals surface area (Å²) in [7, 11) is 0. The molecule has 0 radical (unpaired) electrons. The van der Waals surface area contributed by atoms with E-state index < -0.39 is 11.9 Å². The Morgan fingerprint density at radius 3 is 2.89 bits per heavy atom. The lowest BCUT2D eigenvalue weighted by atomic mass is 9.91. The standard InChI is InChI=1S/C15H12ClFO2/c16-13-6-5-9(17)7-11(13)15(18)12-8-19-14-4-2-1-3-10(12)14/h1-7,12,15,18H,8H2. The zero-order valence-corrected chi connectivity index (χ0v) is 10.8. The third-order valence-electron chi connectivity index (χ3n) is 3.39. The van der Waals surface area contributed by atoms with Crippen LogP contribution in [0.25, 0.3) is 0 Å². The highest BCUT2D eigenvalue weighted by Gasteiger charge is 2.32. The lowest BCUT2D eigenvalue weighted by molar-refractivity contribution is 0.130. The Bertz CT molecular complexity index is 615. The Hall–Kier alpha value is -1.58. The molecule has 0 bridgehead atoms. The second kappa shape index (κ2) is 4.83. The Kier molecular flexibility index (Phi) is 3.17. The zero-order valence-electron chi connectivity index (χ0n) is 10.0. The molecule has 2 aromatic rings. The molecule has 1 heterocycles. The smallest absolute Gasteiger partial charge is 0.123 e. The molecular formula is C15H12ClFO2. The van der Waals surface area contributed by atoms with Crippen molar-refractivity contribution >= 4 is 11.6 Å². The minimum Gasteiger partial charge on any atom is -0.493 e. The maximum Gasteiger partial charge on any atom is 0.123 e. The number of para-hydroxylation sites is 1. The van der Waals surface area contributed by atoms with Crippen molar-refractivity contribution in [1.82, 2.24) is 0 Å². The number of benzene rings is 2. The van der Waals surface area contributed by atoms with E-state index in [-0.39, 0.29) is 5.92 Å². The van der Waals surface area contributed by atoms with Gasteiger partial charge in [0, 0.05) is 16.1 Å². The molecule has 2 aromatic carbocycles. The van der Waals surface area contributed by atoms with E-state index in [2.05, 4.69) is 0 Å².